The Bertz CT molecular complexity index is 800. The quantitative estimate of drug-likeness (QED) is 0.380. The zero-order chi connectivity index (χ0) is 15.5. The van der Waals surface area contributed by atoms with Gasteiger partial charge in [0.05, 0.1) is 11.9 Å². The molecule has 112 valence electrons. The SMILES string of the molecule is Cn1nccc1Nc1nccc(-c2cc(F)nc(NN)c2)n1. The maximum atomic E-state index is 13.5. The molecule has 0 spiro atoms. The molecule has 3 rings (SSSR count). The van der Waals surface area contributed by atoms with E-state index in [4.69, 9.17) is 5.84 Å². The number of anilines is 3. The molecular weight excluding hydrogens is 287 g/mol. The van der Waals surface area contributed by atoms with Crippen LogP contribution in [0, 0.1) is 5.95 Å². The van der Waals surface area contributed by atoms with Crippen LogP contribution in [-0.2, 0) is 7.05 Å². The molecule has 0 saturated carbocycles. The minimum atomic E-state index is -0.648. The summed E-state index contributed by atoms with van der Waals surface area (Å²) in [6.45, 7) is 0. The number of nitrogens with one attached hydrogen (secondary N) is 2. The minimum Gasteiger partial charge on any atom is -0.309 e. The number of nitrogens with two attached hydrogens (primary N) is 1. The smallest absolute Gasteiger partial charge is 0.228 e. The fraction of sp³-hybridized carbons (Fsp3) is 0.0769. The molecule has 0 amide bonds. The zero-order valence-corrected chi connectivity index (χ0v) is 11.7. The molecule has 3 aromatic rings. The highest BCUT2D eigenvalue weighted by Crippen LogP contribution is 2.21. The van der Waals surface area contributed by atoms with Gasteiger partial charge in [-0.15, -0.1) is 0 Å². The van der Waals surface area contributed by atoms with Crippen LogP contribution >= 0.6 is 0 Å². The van der Waals surface area contributed by atoms with Gasteiger partial charge in [-0.1, -0.05) is 0 Å². The van der Waals surface area contributed by atoms with E-state index in [1.165, 1.54) is 6.07 Å². The number of hydrogen-bond donors (Lipinski definition) is 3. The predicted molar refractivity (Wildman–Crippen MR) is 79.5 cm³/mol. The molecule has 0 aliphatic heterocycles. The average Bonchev–Trinajstić information content (AvgIpc) is 2.92. The van der Waals surface area contributed by atoms with Crippen LogP contribution in [0.25, 0.3) is 11.3 Å². The maximum Gasteiger partial charge on any atom is 0.228 e. The van der Waals surface area contributed by atoms with Gasteiger partial charge in [-0.05, 0) is 12.1 Å². The van der Waals surface area contributed by atoms with E-state index in [9.17, 15) is 4.39 Å². The molecule has 9 heteroatoms. The van der Waals surface area contributed by atoms with Crippen molar-refractivity contribution in [2.75, 3.05) is 10.7 Å². The lowest BCUT2D eigenvalue weighted by molar-refractivity contribution is 0.585. The van der Waals surface area contributed by atoms with Gasteiger partial charge >= 0.3 is 0 Å². The average molecular weight is 300 g/mol. The Balaban J connectivity index is 1.94. The van der Waals surface area contributed by atoms with Crippen molar-refractivity contribution in [3.63, 3.8) is 0 Å². The van der Waals surface area contributed by atoms with E-state index >= 15 is 0 Å². The highest BCUT2D eigenvalue weighted by Gasteiger charge is 2.08. The van der Waals surface area contributed by atoms with Crippen molar-refractivity contribution in [2.45, 2.75) is 0 Å². The fourth-order valence-corrected chi connectivity index (χ4v) is 1.91. The molecule has 0 fully saturated rings. The zero-order valence-electron chi connectivity index (χ0n) is 11.7. The minimum absolute atomic E-state index is 0.217. The highest BCUT2D eigenvalue weighted by molar-refractivity contribution is 5.64. The molecule has 3 heterocycles. The van der Waals surface area contributed by atoms with Gasteiger partial charge < -0.3 is 10.7 Å². The van der Waals surface area contributed by atoms with Gasteiger partial charge in [0, 0.05) is 30.9 Å². The van der Waals surface area contributed by atoms with Gasteiger partial charge in [0.15, 0.2) is 0 Å². The summed E-state index contributed by atoms with van der Waals surface area (Å²) in [4.78, 5) is 12.1. The largest absolute Gasteiger partial charge is 0.309 e. The van der Waals surface area contributed by atoms with Crippen LogP contribution in [0.4, 0.5) is 22.0 Å². The Morgan fingerprint density at radius 1 is 1.18 bits per heavy atom. The number of nitrogens with zero attached hydrogens (tertiary/aromatic N) is 5. The molecule has 0 aliphatic carbocycles. The lowest BCUT2D eigenvalue weighted by atomic mass is 10.2. The second kappa shape index (κ2) is 5.74. The number of nitrogen functional groups attached to an aromatic ring is 1. The van der Waals surface area contributed by atoms with Crippen LogP contribution in [-0.4, -0.2) is 24.7 Å². The van der Waals surface area contributed by atoms with Gasteiger partial charge in [0.25, 0.3) is 0 Å². The Morgan fingerprint density at radius 3 is 2.77 bits per heavy atom. The molecule has 8 nitrogen and oxygen atoms in total. The van der Waals surface area contributed by atoms with Gasteiger partial charge in [0.1, 0.15) is 11.6 Å². The molecule has 3 aromatic heterocycles. The first-order valence-electron chi connectivity index (χ1n) is 6.38. The molecule has 0 saturated heterocycles. The van der Waals surface area contributed by atoms with Crippen LogP contribution in [0.15, 0.2) is 36.7 Å². The standard InChI is InChI=1S/C13H13FN8/c1-22-12(3-5-17-22)20-13-16-4-2-9(18-13)8-6-10(14)19-11(7-8)21-15/h2-7H,15H2,1H3,(H,19,21)(H,16,18,20). The fourth-order valence-electron chi connectivity index (χ4n) is 1.91. The third-order valence-electron chi connectivity index (χ3n) is 2.95. The third kappa shape index (κ3) is 2.83. The summed E-state index contributed by atoms with van der Waals surface area (Å²) < 4.78 is 15.1. The third-order valence-corrected chi connectivity index (χ3v) is 2.95. The first kappa shape index (κ1) is 13.9. The molecule has 0 bridgehead atoms. The second-order valence-electron chi connectivity index (χ2n) is 4.44. The van der Waals surface area contributed by atoms with Gasteiger partial charge in [-0.3, -0.25) is 4.68 Å². The lowest BCUT2D eigenvalue weighted by Crippen LogP contribution is -2.09. The van der Waals surface area contributed by atoms with E-state index in [1.807, 2.05) is 0 Å². The topological polar surface area (TPSA) is 107 Å². The molecule has 0 atom stereocenters. The van der Waals surface area contributed by atoms with E-state index in [1.54, 1.807) is 42.3 Å². The van der Waals surface area contributed by atoms with Crippen LogP contribution in [0.2, 0.25) is 0 Å². The highest BCUT2D eigenvalue weighted by atomic mass is 19.1. The van der Waals surface area contributed by atoms with Crippen LogP contribution in [0.5, 0.6) is 0 Å². The number of aryl methyl sites for hydroxylation is 1. The monoisotopic (exact) mass is 300 g/mol. The van der Waals surface area contributed by atoms with Crippen LogP contribution in [0.3, 0.4) is 0 Å². The number of aromatic nitrogens is 5. The molecule has 0 unspecified atom stereocenters. The Kier molecular flexibility index (Phi) is 3.62. The van der Waals surface area contributed by atoms with Crippen molar-refractivity contribution in [1.82, 2.24) is 24.7 Å². The number of pyridine rings is 1. The summed E-state index contributed by atoms with van der Waals surface area (Å²) in [6, 6.07) is 6.33. The molecular formula is C13H13FN8. The van der Waals surface area contributed by atoms with Crippen molar-refractivity contribution >= 4 is 17.6 Å². The molecule has 0 radical (unpaired) electrons. The van der Waals surface area contributed by atoms with Crippen LogP contribution < -0.4 is 16.6 Å². The Labute approximate surface area is 125 Å². The van der Waals surface area contributed by atoms with E-state index in [2.05, 4.69) is 30.8 Å². The summed E-state index contributed by atoms with van der Waals surface area (Å²) in [7, 11) is 1.80. The van der Waals surface area contributed by atoms with E-state index in [0.29, 0.717) is 17.2 Å². The Morgan fingerprint density at radius 2 is 2.05 bits per heavy atom. The lowest BCUT2D eigenvalue weighted by Gasteiger charge is -2.07. The summed E-state index contributed by atoms with van der Waals surface area (Å²) in [5, 5.41) is 7.08. The number of hydrogen-bond acceptors (Lipinski definition) is 7. The van der Waals surface area contributed by atoms with E-state index in [0.717, 1.165) is 5.82 Å². The molecule has 4 N–H and O–H groups in total. The van der Waals surface area contributed by atoms with Crippen molar-refractivity contribution in [3.8, 4) is 11.3 Å². The second-order valence-corrected chi connectivity index (χ2v) is 4.44. The van der Waals surface area contributed by atoms with Gasteiger partial charge in [0.2, 0.25) is 11.9 Å². The summed E-state index contributed by atoms with van der Waals surface area (Å²) in [5.74, 6) is 5.95. The van der Waals surface area contributed by atoms with E-state index in [-0.39, 0.29) is 5.82 Å². The maximum absolute atomic E-state index is 13.5. The number of rotatable bonds is 4. The summed E-state index contributed by atoms with van der Waals surface area (Å²) >= 11 is 0. The molecule has 22 heavy (non-hydrogen) atoms. The van der Waals surface area contributed by atoms with Crippen molar-refractivity contribution < 1.29 is 4.39 Å². The normalized spacial score (nSPS) is 10.5. The molecule has 0 aliphatic rings. The van der Waals surface area contributed by atoms with Crippen molar-refractivity contribution in [1.29, 1.82) is 0 Å². The van der Waals surface area contributed by atoms with Gasteiger partial charge in [-0.2, -0.15) is 9.49 Å². The summed E-state index contributed by atoms with van der Waals surface area (Å²) in [5.41, 5.74) is 3.39. The van der Waals surface area contributed by atoms with Crippen molar-refractivity contribution in [2.24, 2.45) is 12.9 Å². The van der Waals surface area contributed by atoms with Crippen LogP contribution in [0.1, 0.15) is 0 Å². The van der Waals surface area contributed by atoms with E-state index < -0.39 is 5.95 Å². The number of halogens is 1. The first-order valence-corrected chi connectivity index (χ1v) is 6.38. The number of hydrazine groups is 1. The predicted octanol–water partition coefficient (Wildman–Crippen LogP) is 1.44. The molecule has 0 aromatic carbocycles. The first-order chi connectivity index (χ1) is 10.7. The summed E-state index contributed by atoms with van der Waals surface area (Å²) in [6.07, 6.45) is 3.23. The Hall–Kier alpha value is -3.07. The van der Waals surface area contributed by atoms with Gasteiger partial charge in [-0.25, -0.2) is 20.8 Å². The van der Waals surface area contributed by atoms with Crippen molar-refractivity contribution in [3.05, 3.63) is 42.6 Å².